The topological polar surface area (TPSA) is 90.5 Å². The van der Waals surface area contributed by atoms with Gasteiger partial charge in [0, 0.05) is 46.6 Å². The zero-order chi connectivity index (χ0) is 22.4. The lowest BCUT2D eigenvalue weighted by Gasteiger charge is -2.35. The van der Waals surface area contributed by atoms with E-state index in [4.69, 9.17) is 15.2 Å². The average Bonchev–Trinajstić information content (AvgIpc) is 3.08. The summed E-state index contributed by atoms with van der Waals surface area (Å²) in [6, 6.07) is 3.63. The zero-order valence-corrected chi connectivity index (χ0v) is 20.6. The maximum absolute atomic E-state index is 6.18. The number of rotatable bonds is 10. The highest BCUT2D eigenvalue weighted by Gasteiger charge is 2.23. The number of aryl methyl sites for hydroxylation is 1. The van der Waals surface area contributed by atoms with Crippen LogP contribution in [-0.4, -0.2) is 55.7 Å². The molecule has 2 aromatic heterocycles. The van der Waals surface area contributed by atoms with Crippen LogP contribution in [0, 0.1) is 6.92 Å². The van der Waals surface area contributed by atoms with E-state index in [2.05, 4.69) is 46.9 Å². The summed E-state index contributed by atoms with van der Waals surface area (Å²) in [5.41, 5.74) is 10.2. The lowest BCUT2D eigenvalue weighted by molar-refractivity contribution is 0.0761. The highest BCUT2D eigenvalue weighted by molar-refractivity contribution is 6.76. The number of nitrogen functional groups attached to an aromatic ring is 1. The number of aromatic nitrogens is 3. The molecule has 0 amide bonds. The molecule has 0 aromatic carbocycles. The molecule has 0 unspecified atom stereocenters. The van der Waals surface area contributed by atoms with Gasteiger partial charge < -0.3 is 25.4 Å². The SMILES string of the molecule is COc1nccc(C)c1N1CCC(NCc2c(N)cnn2COCC[Si](C)(C)C)CC1. The van der Waals surface area contributed by atoms with Gasteiger partial charge in [0.1, 0.15) is 12.4 Å². The van der Waals surface area contributed by atoms with Crippen molar-refractivity contribution < 1.29 is 9.47 Å². The van der Waals surface area contributed by atoms with Crippen LogP contribution in [0.4, 0.5) is 11.4 Å². The Morgan fingerprint density at radius 2 is 2.00 bits per heavy atom. The molecule has 2 aromatic rings. The Kier molecular flexibility index (Phi) is 7.96. The lowest BCUT2D eigenvalue weighted by atomic mass is 10.0. The van der Waals surface area contributed by atoms with Crippen molar-refractivity contribution in [2.45, 2.75) is 64.8 Å². The Morgan fingerprint density at radius 3 is 2.68 bits per heavy atom. The predicted molar refractivity (Wildman–Crippen MR) is 128 cm³/mol. The monoisotopic (exact) mass is 446 g/mol. The second-order valence-electron chi connectivity index (χ2n) is 9.52. The minimum atomic E-state index is -1.09. The van der Waals surface area contributed by atoms with Gasteiger partial charge in [0.2, 0.25) is 5.88 Å². The minimum Gasteiger partial charge on any atom is -0.480 e. The summed E-state index contributed by atoms with van der Waals surface area (Å²) in [6.45, 7) is 13.0. The molecule has 1 fully saturated rings. The molecule has 8 nitrogen and oxygen atoms in total. The third kappa shape index (κ3) is 6.44. The second-order valence-corrected chi connectivity index (χ2v) is 15.1. The van der Waals surface area contributed by atoms with Crippen molar-refractivity contribution in [3.63, 3.8) is 0 Å². The van der Waals surface area contributed by atoms with Crippen molar-refractivity contribution in [2.24, 2.45) is 0 Å². The Balaban J connectivity index is 1.50. The van der Waals surface area contributed by atoms with E-state index in [0.29, 0.717) is 25.2 Å². The largest absolute Gasteiger partial charge is 0.480 e. The summed E-state index contributed by atoms with van der Waals surface area (Å²) in [7, 11) is 0.593. The van der Waals surface area contributed by atoms with Gasteiger partial charge in [0.25, 0.3) is 0 Å². The fourth-order valence-electron chi connectivity index (χ4n) is 3.87. The van der Waals surface area contributed by atoms with Crippen molar-refractivity contribution in [1.29, 1.82) is 0 Å². The Morgan fingerprint density at radius 1 is 1.26 bits per heavy atom. The van der Waals surface area contributed by atoms with Gasteiger partial charge in [0.05, 0.1) is 24.7 Å². The van der Waals surface area contributed by atoms with Crippen LogP contribution in [0.25, 0.3) is 0 Å². The molecule has 0 spiro atoms. The Hall–Kier alpha value is -2.10. The zero-order valence-electron chi connectivity index (χ0n) is 19.6. The highest BCUT2D eigenvalue weighted by Crippen LogP contribution is 2.31. The first-order valence-electron chi connectivity index (χ1n) is 11.1. The van der Waals surface area contributed by atoms with Crippen LogP contribution in [0.5, 0.6) is 5.88 Å². The number of nitrogens with zero attached hydrogens (tertiary/aromatic N) is 4. The van der Waals surface area contributed by atoms with E-state index in [1.807, 2.05) is 10.7 Å². The van der Waals surface area contributed by atoms with Gasteiger partial charge in [-0.15, -0.1) is 0 Å². The van der Waals surface area contributed by atoms with Crippen molar-refractivity contribution in [1.82, 2.24) is 20.1 Å². The number of hydrogen-bond donors (Lipinski definition) is 2. The number of methoxy groups -OCH3 is 1. The highest BCUT2D eigenvalue weighted by atomic mass is 28.3. The molecule has 3 heterocycles. The number of hydrogen-bond acceptors (Lipinski definition) is 7. The second kappa shape index (κ2) is 10.5. The third-order valence-electron chi connectivity index (χ3n) is 5.85. The molecular formula is C22H38N6O2Si. The minimum absolute atomic E-state index is 0.440. The van der Waals surface area contributed by atoms with Gasteiger partial charge in [-0.3, -0.25) is 0 Å². The van der Waals surface area contributed by atoms with E-state index in [0.717, 1.165) is 55.7 Å². The number of piperidine rings is 1. The molecular weight excluding hydrogens is 408 g/mol. The number of pyridine rings is 1. The smallest absolute Gasteiger partial charge is 0.237 e. The van der Waals surface area contributed by atoms with E-state index < -0.39 is 8.07 Å². The van der Waals surface area contributed by atoms with Crippen molar-refractivity contribution >= 4 is 19.4 Å². The molecule has 0 bridgehead atoms. The van der Waals surface area contributed by atoms with E-state index in [-0.39, 0.29) is 0 Å². The summed E-state index contributed by atoms with van der Waals surface area (Å²) >= 11 is 0. The molecule has 9 heteroatoms. The first-order chi connectivity index (χ1) is 14.8. The van der Waals surface area contributed by atoms with Gasteiger partial charge in [0.15, 0.2) is 0 Å². The number of nitrogens with one attached hydrogen (secondary N) is 1. The van der Waals surface area contributed by atoms with Crippen molar-refractivity contribution in [3.05, 3.63) is 29.7 Å². The van der Waals surface area contributed by atoms with Crippen LogP contribution >= 0.6 is 0 Å². The number of anilines is 2. The quantitative estimate of drug-likeness (QED) is 0.428. The van der Waals surface area contributed by atoms with E-state index in [1.165, 1.54) is 5.56 Å². The summed E-state index contributed by atoms with van der Waals surface area (Å²) in [5, 5.41) is 8.07. The van der Waals surface area contributed by atoms with Gasteiger partial charge in [-0.05, 0) is 37.4 Å². The summed E-state index contributed by atoms with van der Waals surface area (Å²) in [4.78, 5) is 6.75. The predicted octanol–water partition coefficient (Wildman–Crippen LogP) is 3.25. The van der Waals surface area contributed by atoms with Crippen LogP contribution in [-0.2, 0) is 18.0 Å². The molecule has 3 rings (SSSR count). The molecule has 3 N–H and O–H groups in total. The standard InChI is InChI=1S/C22H38N6O2Si/c1-17-6-9-24-22(29-2)21(17)27-10-7-18(8-11-27)25-15-20-19(23)14-26-28(20)16-30-12-13-31(3,4)5/h6,9,14,18,25H,7-8,10-13,15-16,23H2,1-5H3. The molecule has 0 atom stereocenters. The summed E-state index contributed by atoms with van der Waals surface area (Å²) in [6.07, 6.45) is 5.63. The lowest BCUT2D eigenvalue weighted by Crippen LogP contribution is -2.43. The van der Waals surface area contributed by atoms with Crippen LogP contribution in [0.2, 0.25) is 25.7 Å². The fourth-order valence-corrected chi connectivity index (χ4v) is 4.62. The van der Waals surface area contributed by atoms with Crippen LogP contribution in [0.15, 0.2) is 18.5 Å². The molecule has 1 aliphatic rings. The van der Waals surface area contributed by atoms with Crippen molar-refractivity contribution in [3.8, 4) is 5.88 Å². The average molecular weight is 447 g/mol. The molecule has 172 valence electrons. The van der Waals surface area contributed by atoms with Gasteiger partial charge in [-0.1, -0.05) is 19.6 Å². The van der Waals surface area contributed by atoms with E-state index in [9.17, 15) is 0 Å². The maximum Gasteiger partial charge on any atom is 0.237 e. The first-order valence-corrected chi connectivity index (χ1v) is 14.8. The Bertz CT molecular complexity index is 843. The molecule has 0 radical (unpaired) electrons. The van der Waals surface area contributed by atoms with Gasteiger partial charge in [-0.25, -0.2) is 9.67 Å². The number of nitrogens with two attached hydrogens (primary N) is 1. The molecule has 0 aliphatic carbocycles. The van der Waals surface area contributed by atoms with Crippen molar-refractivity contribution in [2.75, 3.05) is 37.4 Å². The normalized spacial score (nSPS) is 15.5. The third-order valence-corrected chi connectivity index (χ3v) is 7.55. The van der Waals surface area contributed by atoms with Gasteiger partial charge in [-0.2, -0.15) is 5.10 Å². The summed E-state index contributed by atoms with van der Waals surface area (Å²) in [5.74, 6) is 0.706. The Labute approximate surface area is 187 Å². The van der Waals surface area contributed by atoms with Gasteiger partial charge >= 0.3 is 0 Å². The molecule has 1 saturated heterocycles. The maximum atomic E-state index is 6.18. The molecule has 1 aliphatic heterocycles. The molecule has 0 saturated carbocycles. The van der Waals surface area contributed by atoms with Crippen LogP contribution in [0.1, 0.15) is 24.1 Å². The molecule has 31 heavy (non-hydrogen) atoms. The van der Waals surface area contributed by atoms with Crippen LogP contribution in [0.3, 0.4) is 0 Å². The number of ether oxygens (including phenoxy) is 2. The van der Waals surface area contributed by atoms with Crippen LogP contribution < -0.4 is 20.7 Å². The van der Waals surface area contributed by atoms with E-state index in [1.54, 1.807) is 19.5 Å². The summed E-state index contributed by atoms with van der Waals surface area (Å²) < 4.78 is 13.2. The first kappa shape index (κ1) is 23.6. The van der Waals surface area contributed by atoms with E-state index >= 15 is 0 Å². The fraction of sp³-hybridized carbons (Fsp3) is 0.636.